The van der Waals surface area contributed by atoms with Crippen molar-refractivity contribution in [3.8, 4) is 11.3 Å². The van der Waals surface area contributed by atoms with E-state index in [9.17, 15) is 4.79 Å². The molecule has 8 nitrogen and oxygen atoms in total. The molecule has 2 N–H and O–H groups in total. The van der Waals surface area contributed by atoms with Crippen LogP contribution in [-0.4, -0.2) is 60.5 Å². The van der Waals surface area contributed by atoms with Crippen molar-refractivity contribution in [2.45, 2.75) is 20.8 Å². The highest BCUT2D eigenvalue weighted by Gasteiger charge is 2.24. The Morgan fingerprint density at radius 3 is 2.39 bits per heavy atom. The Hall–Kier alpha value is -3.55. The first-order chi connectivity index (χ1) is 15.8. The molecule has 8 heteroatoms. The number of carbonyl (C=O) groups is 1. The van der Waals surface area contributed by atoms with Gasteiger partial charge in [-0.25, -0.2) is 9.97 Å². The molecule has 1 aliphatic heterocycles. The van der Waals surface area contributed by atoms with Crippen molar-refractivity contribution >= 4 is 23.1 Å². The molecule has 174 valence electrons. The minimum Gasteiger partial charge on any atom is -0.438 e. The predicted octanol–water partition coefficient (Wildman–Crippen LogP) is 4.20. The minimum atomic E-state index is -0.102. The van der Waals surface area contributed by atoms with E-state index in [0.29, 0.717) is 18.8 Å². The van der Waals surface area contributed by atoms with Gasteiger partial charge in [-0.1, -0.05) is 32.9 Å². The van der Waals surface area contributed by atoms with Crippen molar-refractivity contribution in [1.29, 1.82) is 0 Å². The van der Waals surface area contributed by atoms with E-state index in [1.165, 1.54) is 12.6 Å². The van der Waals surface area contributed by atoms with Crippen molar-refractivity contribution in [3.63, 3.8) is 0 Å². The Kier molecular flexibility index (Phi) is 6.53. The van der Waals surface area contributed by atoms with Crippen LogP contribution >= 0.6 is 0 Å². The maximum atomic E-state index is 12.4. The van der Waals surface area contributed by atoms with Gasteiger partial charge in [0.1, 0.15) is 5.82 Å². The number of anilines is 3. The normalized spacial score (nSPS) is 14.3. The van der Waals surface area contributed by atoms with Crippen LogP contribution in [0.25, 0.3) is 11.3 Å². The van der Waals surface area contributed by atoms with Crippen LogP contribution < -0.4 is 15.5 Å². The monoisotopic (exact) mass is 448 g/mol. The highest BCUT2D eigenvalue weighted by molar-refractivity contribution is 5.91. The lowest BCUT2D eigenvalue weighted by molar-refractivity contribution is 0.0714. The van der Waals surface area contributed by atoms with Gasteiger partial charge in [-0.3, -0.25) is 4.79 Å². The standard InChI is InChI=1S/C25H32N6O2/c1-25(2,3)16-28-21-10-9-20(29-23(21)26-4)18-5-7-19(8-6-18)30-11-13-31(14-12-30)24(32)22-15-27-17-33-22/h5-10,15,17,28H,11-14,16H2,1-4H3,(H,26,29). The molecular formula is C25H32N6O2. The molecule has 1 saturated heterocycles. The first kappa shape index (κ1) is 22.6. The molecule has 0 radical (unpaired) electrons. The van der Waals surface area contributed by atoms with E-state index in [1.807, 2.05) is 11.9 Å². The molecule has 0 unspecified atom stereocenters. The summed E-state index contributed by atoms with van der Waals surface area (Å²) in [4.78, 5) is 25.2. The van der Waals surface area contributed by atoms with E-state index in [0.717, 1.165) is 48.1 Å². The number of benzene rings is 1. The molecule has 1 aliphatic rings. The SMILES string of the molecule is CNc1nc(-c2ccc(N3CCN(C(=O)c4cnco4)CC3)cc2)ccc1NCC(C)(C)C. The number of hydrogen-bond donors (Lipinski definition) is 2. The van der Waals surface area contributed by atoms with Gasteiger partial charge in [-0.15, -0.1) is 0 Å². The van der Waals surface area contributed by atoms with Crippen molar-refractivity contribution in [1.82, 2.24) is 14.9 Å². The number of amides is 1. The maximum absolute atomic E-state index is 12.4. The van der Waals surface area contributed by atoms with Crippen molar-refractivity contribution in [3.05, 3.63) is 54.7 Å². The van der Waals surface area contributed by atoms with Gasteiger partial charge in [-0.05, 0) is 29.7 Å². The second kappa shape index (κ2) is 9.52. The lowest BCUT2D eigenvalue weighted by Crippen LogP contribution is -2.48. The number of pyridine rings is 1. The van der Waals surface area contributed by atoms with Crippen LogP contribution in [0.5, 0.6) is 0 Å². The van der Waals surface area contributed by atoms with Gasteiger partial charge < -0.3 is 24.9 Å². The summed E-state index contributed by atoms with van der Waals surface area (Å²) in [5.74, 6) is 1.03. The summed E-state index contributed by atoms with van der Waals surface area (Å²) >= 11 is 0. The number of carbonyl (C=O) groups excluding carboxylic acids is 1. The molecule has 1 amide bonds. The highest BCUT2D eigenvalue weighted by Crippen LogP contribution is 2.28. The molecule has 1 aromatic carbocycles. The van der Waals surface area contributed by atoms with Gasteiger partial charge >= 0.3 is 0 Å². The quantitative estimate of drug-likeness (QED) is 0.584. The third-order valence-corrected chi connectivity index (χ3v) is 5.68. The smallest absolute Gasteiger partial charge is 0.291 e. The summed E-state index contributed by atoms with van der Waals surface area (Å²) in [5.41, 5.74) is 4.33. The molecule has 0 bridgehead atoms. The lowest BCUT2D eigenvalue weighted by Gasteiger charge is -2.35. The van der Waals surface area contributed by atoms with Crippen LogP contribution in [0.15, 0.2) is 53.4 Å². The van der Waals surface area contributed by atoms with Crippen LogP contribution in [0.2, 0.25) is 0 Å². The molecule has 3 heterocycles. The maximum Gasteiger partial charge on any atom is 0.291 e. The summed E-state index contributed by atoms with van der Waals surface area (Å²) in [5, 5.41) is 6.69. The van der Waals surface area contributed by atoms with Crippen molar-refractivity contribution < 1.29 is 9.21 Å². The van der Waals surface area contributed by atoms with Gasteiger partial charge in [0.2, 0.25) is 5.76 Å². The first-order valence-electron chi connectivity index (χ1n) is 11.3. The van der Waals surface area contributed by atoms with Gasteiger partial charge in [-0.2, -0.15) is 0 Å². The zero-order valence-corrected chi connectivity index (χ0v) is 19.8. The molecular weight excluding hydrogens is 416 g/mol. The topological polar surface area (TPSA) is 86.5 Å². The molecule has 0 saturated carbocycles. The zero-order chi connectivity index (χ0) is 23.4. The molecule has 1 fully saturated rings. The van der Waals surface area contributed by atoms with Gasteiger partial charge in [0.25, 0.3) is 5.91 Å². The summed E-state index contributed by atoms with van der Waals surface area (Å²) in [6.07, 6.45) is 2.75. The van der Waals surface area contributed by atoms with E-state index in [2.05, 4.69) is 77.7 Å². The molecule has 0 spiro atoms. The number of nitrogens with one attached hydrogen (secondary N) is 2. The van der Waals surface area contributed by atoms with Gasteiger partial charge in [0, 0.05) is 51.0 Å². The van der Waals surface area contributed by atoms with Crippen LogP contribution in [0.4, 0.5) is 17.2 Å². The minimum absolute atomic E-state index is 0.102. The number of hydrogen-bond acceptors (Lipinski definition) is 7. The van der Waals surface area contributed by atoms with Crippen LogP contribution in [0.1, 0.15) is 31.3 Å². The van der Waals surface area contributed by atoms with E-state index < -0.39 is 0 Å². The van der Waals surface area contributed by atoms with E-state index in [4.69, 9.17) is 9.40 Å². The molecule has 0 atom stereocenters. The Bertz CT molecular complexity index is 1070. The summed E-state index contributed by atoms with van der Waals surface area (Å²) in [7, 11) is 1.89. The van der Waals surface area contributed by atoms with Crippen molar-refractivity contribution in [2.75, 3.05) is 55.3 Å². The number of piperazine rings is 1. The third kappa shape index (κ3) is 5.45. The highest BCUT2D eigenvalue weighted by atomic mass is 16.3. The van der Waals surface area contributed by atoms with E-state index in [1.54, 1.807) is 0 Å². The second-order valence-electron chi connectivity index (χ2n) is 9.45. The number of rotatable bonds is 6. The second-order valence-corrected chi connectivity index (χ2v) is 9.45. The Labute approximate surface area is 195 Å². The first-order valence-corrected chi connectivity index (χ1v) is 11.3. The number of nitrogens with zero attached hydrogens (tertiary/aromatic N) is 4. The van der Waals surface area contributed by atoms with Gasteiger partial charge in [0.15, 0.2) is 6.39 Å². The Balaban J connectivity index is 1.40. The Morgan fingerprint density at radius 1 is 1.06 bits per heavy atom. The fourth-order valence-electron chi connectivity index (χ4n) is 3.80. The summed E-state index contributed by atoms with van der Waals surface area (Å²) in [6, 6.07) is 12.6. The summed E-state index contributed by atoms with van der Waals surface area (Å²) < 4.78 is 5.14. The average molecular weight is 449 g/mol. The molecule has 33 heavy (non-hydrogen) atoms. The number of aromatic nitrogens is 2. The van der Waals surface area contributed by atoms with E-state index >= 15 is 0 Å². The molecule has 3 aromatic rings. The molecule has 0 aliphatic carbocycles. The zero-order valence-electron chi connectivity index (χ0n) is 19.8. The van der Waals surface area contributed by atoms with Crippen LogP contribution in [0, 0.1) is 5.41 Å². The predicted molar refractivity (Wildman–Crippen MR) is 132 cm³/mol. The van der Waals surface area contributed by atoms with Crippen LogP contribution in [-0.2, 0) is 0 Å². The third-order valence-electron chi connectivity index (χ3n) is 5.68. The van der Waals surface area contributed by atoms with Crippen LogP contribution in [0.3, 0.4) is 0 Å². The fraction of sp³-hybridized carbons (Fsp3) is 0.400. The van der Waals surface area contributed by atoms with Crippen molar-refractivity contribution in [2.24, 2.45) is 5.41 Å². The fourth-order valence-corrected chi connectivity index (χ4v) is 3.80. The molecule has 2 aromatic heterocycles. The number of oxazole rings is 1. The average Bonchev–Trinajstić information content (AvgIpc) is 3.37. The van der Waals surface area contributed by atoms with Gasteiger partial charge in [0.05, 0.1) is 17.6 Å². The Morgan fingerprint density at radius 2 is 1.79 bits per heavy atom. The summed E-state index contributed by atoms with van der Waals surface area (Å²) in [6.45, 7) is 10.3. The lowest BCUT2D eigenvalue weighted by atomic mass is 9.97. The largest absolute Gasteiger partial charge is 0.438 e. The molecule has 4 rings (SSSR count). The van der Waals surface area contributed by atoms with E-state index in [-0.39, 0.29) is 11.3 Å².